The molecule has 5 nitrogen and oxygen atoms in total. The van der Waals surface area contributed by atoms with Crippen molar-refractivity contribution in [2.45, 2.75) is 43.9 Å². The smallest absolute Gasteiger partial charge is 0.354 e. The first-order chi connectivity index (χ1) is 13.0. The largest absolute Gasteiger partial charge is 0.391 e. The molecule has 28 heavy (non-hydrogen) atoms. The average Bonchev–Trinajstić information content (AvgIpc) is 2.73. The molecule has 1 fully saturated rings. The van der Waals surface area contributed by atoms with Gasteiger partial charge in [-0.05, 0) is 24.5 Å². The fourth-order valence-corrected chi connectivity index (χ4v) is 3.01. The molecule has 0 radical (unpaired) electrons. The molecule has 1 aliphatic heterocycles. The van der Waals surface area contributed by atoms with Crippen LogP contribution in [-0.4, -0.2) is 48.1 Å². The first kappa shape index (κ1) is 22.0. The van der Waals surface area contributed by atoms with Crippen molar-refractivity contribution in [1.29, 1.82) is 0 Å². The van der Waals surface area contributed by atoms with Crippen LogP contribution in [0.1, 0.15) is 24.8 Å². The highest BCUT2D eigenvalue weighted by molar-refractivity contribution is 5.88. The summed E-state index contributed by atoms with van der Waals surface area (Å²) in [5.41, 5.74) is 5.50. The van der Waals surface area contributed by atoms with E-state index < -0.39 is 60.4 Å². The zero-order valence-corrected chi connectivity index (χ0v) is 14.7. The third kappa shape index (κ3) is 5.85. The maximum absolute atomic E-state index is 13.7. The first-order valence-electron chi connectivity index (χ1n) is 8.51. The zero-order valence-electron chi connectivity index (χ0n) is 14.7. The summed E-state index contributed by atoms with van der Waals surface area (Å²) in [6.45, 7) is 0.0493. The molecule has 156 valence electrons. The molecule has 0 spiro atoms. The van der Waals surface area contributed by atoms with E-state index in [0.717, 1.165) is 4.90 Å². The SMILES string of the molecule is N[C@@H](CC(=O)N1CCCNC(=O)C1CC(F)(F)F)Cc1cc(F)c(F)cc1F. The van der Waals surface area contributed by atoms with E-state index in [9.17, 15) is 35.9 Å². The fourth-order valence-electron chi connectivity index (χ4n) is 3.01. The van der Waals surface area contributed by atoms with Crippen LogP contribution in [0.3, 0.4) is 0 Å². The molecular weight excluding hydrogens is 392 g/mol. The summed E-state index contributed by atoms with van der Waals surface area (Å²) >= 11 is 0. The Kier molecular flexibility index (Phi) is 6.91. The topological polar surface area (TPSA) is 75.4 Å². The third-order valence-corrected chi connectivity index (χ3v) is 4.31. The van der Waals surface area contributed by atoms with Crippen molar-refractivity contribution in [2.75, 3.05) is 13.1 Å². The Morgan fingerprint density at radius 3 is 2.50 bits per heavy atom. The van der Waals surface area contributed by atoms with Gasteiger partial charge >= 0.3 is 6.18 Å². The number of carbonyl (C=O) groups excluding carboxylic acids is 2. The molecule has 3 N–H and O–H groups in total. The summed E-state index contributed by atoms with van der Waals surface area (Å²) in [6.07, 6.45) is -6.73. The molecule has 1 saturated heterocycles. The number of hydrogen-bond donors (Lipinski definition) is 2. The number of alkyl halides is 3. The Hall–Kier alpha value is -2.30. The number of rotatable bonds is 5. The number of hydrogen-bond acceptors (Lipinski definition) is 3. The molecule has 0 bridgehead atoms. The van der Waals surface area contributed by atoms with Crippen molar-refractivity contribution in [2.24, 2.45) is 5.73 Å². The molecule has 2 rings (SSSR count). The van der Waals surface area contributed by atoms with E-state index in [1.54, 1.807) is 0 Å². The predicted octanol–water partition coefficient (Wildman–Crippen LogP) is 2.03. The minimum Gasteiger partial charge on any atom is -0.354 e. The fraction of sp³-hybridized carbons (Fsp3) is 0.529. The van der Waals surface area contributed by atoms with Crippen LogP contribution in [0.15, 0.2) is 12.1 Å². The lowest BCUT2D eigenvalue weighted by Gasteiger charge is -2.30. The first-order valence-corrected chi connectivity index (χ1v) is 8.51. The van der Waals surface area contributed by atoms with Crippen LogP contribution in [0.25, 0.3) is 0 Å². The lowest BCUT2D eigenvalue weighted by molar-refractivity contribution is -0.161. The summed E-state index contributed by atoms with van der Waals surface area (Å²) < 4.78 is 78.3. The summed E-state index contributed by atoms with van der Waals surface area (Å²) in [6, 6.07) is -1.83. The number of nitrogens with zero attached hydrogens (tertiary/aromatic N) is 1. The summed E-state index contributed by atoms with van der Waals surface area (Å²) in [5.74, 6) is -5.43. The zero-order chi connectivity index (χ0) is 21.1. The Morgan fingerprint density at radius 1 is 1.21 bits per heavy atom. The summed E-state index contributed by atoms with van der Waals surface area (Å²) in [5, 5.41) is 2.32. The van der Waals surface area contributed by atoms with Crippen LogP contribution in [0.2, 0.25) is 0 Å². The van der Waals surface area contributed by atoms with Gasteiger partial charge in [0.25, 0.3) is 0 Å². The Balaban J connectivity index is 2.10. The second-order valence-corrected chi connectivity index (χ2v) is 6.59. The van der Waals surface area contributed by atoms with Gasteiger partial charge in [-0.15, -0.1) is 0 Å². The molecule has 1 unspecified atom stereocenters. The van der Waals surface area contributed by atoms with Gasteiger partial charge in [0.1, 0.15) is 11.9 Å². The van der Waals surface area contributed by atoms with E-state index in [4.69, 9.17) is 5.73 Å². The van der Waals surface area contributed by atoms with Gasteiger partial charge in [0.2, 0.25) is 11.8 Å². The molecule has 0 aliphatic carbocycles. The average molecular weight is 411 g/mol. The number of amides is 2. The second kappa shape index (κ2) is 8.80. The van der Waals surface area contributed by atoms with E-state index in [2.05, 4.69) is 5.32 Å². The van der Waals surface area contributed by atoms with Crippen LogP contribution in [0, 0.1) is 17.5 Å². The normalized spacial score (nSPS) is 19.2. The van der Waals surface area contributed by atoms with Gasteiger partial charge in [0.05, 0.1) is 6.42 Å². The van der Waals surface area contributed by atoms with E-state index in [1.165, 1.54) is 0 Å². The molecule has 1 aromatic carbocycles. The van der Waals surface area contributed by atoms with Gasteiger partial charge in [0, 0.05) is 31.6 Å². The number of carbonyl (C=O) groups is 2. The monoisotopic (exact) mass is 411 g/mol. The number of halogens is 6. The van der Waals surface area contributed by atoms with Gasteiger partial charge in [-0.25, -0.2) is 13.2 Å². The second-order valence-electron chi connectivity index (χ2n) is 6.59. The highest BCUT2D eigenvalue weighted by Crippen LogP contribution is 2.26. The highest BCUT2D eigenvalue weighted by atomic mass is 19.4. The number of nitrogens with one attached hydrogen (secondary N) is 1. The van der Waals surface area contributed by atoms with Crippen molar-refractivity contribution >= 4 is 11.8 Å². The number of nitrogens with two attached hydrogens (primary N) is 1. The van der Waals surface area contributed by atoms with Gasteiger partial charge in [-0.2, -0.15) is 13.2 Å². The molecule has 11 heteroatoms. The Bertz CT molecular complexity index is 740. The molecule has 2 atom stereocenters. The highest BCUT2D eigenvalue weighted by Gasteiger charge is 2.41. The standard InChI is InChI=1S/C17H19F6N3O2/c18-11-7-13(20)12(19)5-9(11)4-10(24)6-15(27)26-3-1-2-25-16(28)14(26)8-17(21,22)23/h5,7,10,14H,1-4,6,8,24H2,(H,25,28)/t10-,14?/m1/s1. The number of benzene rings is 1. The van der Waals surface area contributed by atoms with Crippen molar-refractivity contribution in [3.63, 3.8) is 0 Å². The van der Waals surface area contributed by atoms with Crippen LogP contribution in [0.4, 0.5) is 26.3 Å². The van der Waals surface area contributed by atoms with Gasteiger partial charge < -0.3 is 16.0 Å². The van der Waals surface area contributed by atoms with E-state index in [-0.39, 0.29) is 31.5 Å². The quantitative estimate of drug-likeness (QED) is 0.575. The molecule has 2 amide bonds. The molecule has 1 aromatic rings. The van der Waals surface area contributed by atoms with E-state index >= 15 is 0 Å². The van der Waals surface area contributed by atoms with E-state index in [0.29, 0.717) is 12.1 Å². The van der Waals surface area contributed by atoms with Crippen molar-refractivity contribution < 1.29 is 35.9 Å². The van der Waals surface area contributed by atoms with Crippen molar-refractivity contribution in [3.05, 3.63) is 35.1 Å². The predicted molar refractivity (Wildman–Crippen MR) is 86.4 cm³/mol. The van der Waals surface area contributed by atoms with Crippen LogP contribution in [0.5, 0.6) is 0 Å². The molecule has 1 heterocycles. The van der Waals surface area contributed by atoms with Gasteiger partial charge in [0.15, 0.2) is 11.6 Å². The molecule has 0 saturated carbocycles. The summed E-state index contributed by atoms with van der Waals surface area (Å²) in [7, 11) is 0. The molecule has 0 aromatic heterocycles. The van der Waals surface area contributed by atoms with Gasteiger partial charge in [-0.1, -0.05) is 0 Å². The van der Waals surface area contributed by atoms with Crippen LogP contribution >= 0.6 is 0 Å². The van der Waals surface area contributed by atoms with E-state index in [1.807, 2.05) is 0 Å². The third-order valence-electron chi connectivity index (χ3n) is 4.31. The lowest BCUT2D eigenvalue weighted by atomic mass is 10.0. The lowest BCUT2D eigenvalue weighted by Crippen LogP contribution is -2.50. The maximum Gasteiger partial charge on any atom is 0.391 e. The molecular formula is C17H19F6N3O2. The Morgan fingerprint density at radius 2 is 1.86 bits per heavy atom. The van der Waals surface area contributed by atoms with Crippen LogP contribution in [-0.2, 0) is 16.0 Å². The summed E-state index contributed by atoms with van der Waals surface area (Å²) in [4.78, 5) is 25.2. The van der Waals surface area contributed by atoms with Crippen molar-refractivity contribution in [1.82, 2.24) is 10.2 Å². The Labute approximate surface area is 156 Å². The minimum atomic E-state index is -4.66. The maximum atomic E-state index is 13.7. The van der Waals surface area contributed by atoms with Gasteiger partial charge in [-0.3, -0.25) is 9.59 Å². The van der Waals surface area contributed by atoms with Crippen LogP contribution < -0.4 is 11.1 Å². The molecule has 1 aliphatic rings. The minimum absolute atomic E-state index is 0.0788. The van der Waals surface area contributed by atoms with Crippen molar-refractivity contribution in [3.8, 4) is 0 Å².